The zero-order chi connectivity index (χ0) is 27.3. The van der Waals surface area contributed by atoms with Gasteiger partial charge in [0.15, 0.2) is 5.60 Å². The standard InChI is InChI=1S/C31H39N3O4/c1-7-33(8-2)22-13-15-25(28(19-22)36-11-5)31(27-21-32-18-17-24(27)30(35)38-31)26-16-14-23(34(9-3)10-4)20-29(26)37-12-6/h13-21H,7-12H2,1-6H3. The highest BCUT2D eigenvalue weighted by atomic mass is 16.6. The van der Waals surface area contributed by atoms with Gasteiger partial charge in [0.25, 0.3) is 0 Å². The Labute approximate surface area is 226 Å². The van der Waals surface area contributed by atoms with E-state index >= 15 is 0 Å². The van der Waals surface area contributed by atoms with Crippen molar-refractivity contribution in [3.63, 3.8) is 0 Å². The van der Waals surface area contributed by atoms with Crippen molar-refractivity contribution in [2.75, 3.05) is 49.2 Å². The Bertz CT molecular complexity index is 1200. The van der Waals surface area contributed by atoms with Gasteiger partial charge in [-0.05, 0) is 71.9 Å². The highest BCUT2D eigenvalue weighted by molar-refractivity contribution is 5.96. The lowest BCUT2D eigenvalue weighted by molar-refractivity contribution is 0.0236. The van der Waals surface area contributed by atoms with E-state index in [-0.39, 0.29) is 0 Å². The van der Waals surface area contributed by atoms with Gasteiger partial charge >= 0.3 is 5.97 Å². The van der Waals surface area contributed by atoms with Crippen molar-refractivity contribution in [3.8, 4) is 11.5 Å². The van der Waals surface area contributed by atoms with E-state index in [9.17, 15) is 4.79 Å². The third-order valence-electron chi connectivity index (χ3n) is 7.21. The first-order valence-electron chi connectivity index (χ1n) is 13.7. The van der Waals surface area contributed by atoms with Crippen molar-refractivity contribution in [2.24, 2.45) is 0 Å². The fourth-order valence-corrected chi connectivity index (χ4v) is 5.37. The number of hydrogen-bond acceptors (Lipinski definition) is 7. The summed E-state index contributed by atoms with van der Waals surface area (Å²) < 4.78 is 18.9. The third kappa shape index (κ3) is 4.66. The van der Waals surface area contributed by atoms with Gasteiger partial charge in [-0.2, -0.15) is 0 Å². The summed E-state index contributed by atoms with van der Waals surface area (Å²) in [7, 11) is 0. The lowest BCUT2D eigenvalue weighted by atomic mass is 9.79. The molecule has 3 aromatic rings. The van der Waals surface area contributed by atoms with Gasteiger partial charge in [0.1, 0.15) is 11.5 Å². The Morgan fingerprint density at radius 2 is 1.24 bits per heavy atom. The Balaban J connectivity index is 2.04. The number of anilines is 2. The van der Waals surface area contributed by atoms with Gasteiger partial charge in [-0.15, -0.1) is 0 Å². The Kier molecular flexibility index (Phi) is 8.45. The van der Waals surface area contributed by atoms with Gasteiger partial charge in [0, 0.05) is 78.8 Å². The molecule has 0 radical (unpaired) electrons. The summed E-state index contributed by atoms with van der Waals surface area (Å²) in [5.74, 6) is 0.932. The molecule has 0 bridgehead atoms. The Hall–Kier alpha value is -3.74. The minimum atomic E-state index is -1.28. The molecule has 1 aliphatic heterocycles. The number of fused-ring (bicyclic) bond motifs is 1. The molecule has 0 aliphatic carbocycles. The number of carbonyl (C=O) groups excluding carboxylic acids is 1. The number of esters is 1. The van der Waals surface area contributed by atoms with Crippen LogP contribution in [0.4, 0.5) is 11.4 Å². The molecule has 0 atom stereocenters. The van der Waals surface area contributed by atoms with Gasteiger partial charge in [0.2, 0.25) is 0 Å². The highest BCUT2D eigenvalue weighted by Gasteiger charge is 2.52. The molecule has 7 heteroatoms. The first kappa shape index (κ1) is 27.3. The molecule has 38 heavy (non-hydrogen) atoms. The monoisotopic (exact) mass is 517 g/mol. The molecule has 7 nitrogen and oxygen atoms in total. The van der Waals surface area contributed by atoms with Crippen LogP contribution < -0.4 is 19.3 Å². The van der Waals surface area contributed by atoms with Crippen molar-refractivity contribution in [1.29, 1.82) is 0 Å². The molecule has 0 unspecified atom stereocenters. The van der Waals surface area contributed by atoms with Crippen molar-refractivity contribution < 1.29 is 19.0 Å². The van der Waals surface area contributed by atoms with E-state index < -0.39 is 11.6 Å². The van der Waals surface area contributed by atoms with Crippen LogP contribution in [0.3, 0.4) is 0 Å². The summed E-state index contributed by atoms with van der Waals surface area (Å²) in [4.78, 5) is 22.3. The average Bonchev–Trinajstić information content (AvgIpc) is 3.24. The second-order valence-corrected chi connectivity index (χ2v) is 9.06. The molecule has 0 spiro atoms. The molecular formula is C31H39N3O4. The summed E-state index contributed by atoms with van der Waals surface area (Å²) in [6.07, 6.45) is 3.35. The normalized spacial score (nSPS) is 13.6. The second kappa shape index (κ2) is 11.8. The Morgan fingerprint density at radius 1 is 0.737 bits per heavy atom. The molecule has 0 saturated carbocycles. The van der Waals surface area contributed by atoms with Crippen LogP contribution in [0.2, 0.25) is 0 Å². The highest BCUT2D eigenvalue weighted by Crippen LogP contribution is 2.53. The van der Waals surface area contributed by atoms with Gasteiger partial charge in [-0.25, -0.2) is 4.79 Å². The zero-order valence-corrected chi connectivity index (χ0v) is 23.4. The van der Waals surface area contributed by atoms with E-state index in [0.717, 1.165) is 48.7 Å². The van der Waals surface area contributed by atoms with Crippen LogP contribution in [0, 0.1) is 0 Å². The van der Waals surface area contributed by atoms with E-state index in [4.69, 9.17) is 14.2 Å². The van der Waals surface area contributed by atoms with E-state index in [1.54, 1.807) is 18.5 Å². The number of aromatic nitrogens is 1. The second-order valence-electron chi connectivity index (χ2n) is 9.06. The number of ether oxygens (including phenoxy) is 3. The largest absolute Gasteiger partial charge is 0.493 e. The molecule has 1 aliphatic rings. The molecule has 1 aromatic heterocycles. The first-order valence-corrected chi connectivity index (χ1v) is 13.7. The third-order valence-corrected chi connectivity index (χ3v) is 7.21. The maximum Gasteiger partial charge on any atom is 0.340 e. The summed E-state index contributed by atoms with van der Waals surface area (Å²) in [6.45, 7) is 16.9. The molecule has 202 valence electrons. The fourth-order valence-electron chi connectivity index (χ4n) is 5.37. The number of cyclic esters (lactones) is 1. The van der Waals surface area contributed by atoms with Gasteiger partial charge in [0.05, 0.1) is 18.8 Å². The van der Waals surface area contributed by atoms with Gasteiger partial charge < -0.3 is 24.0 Å². The molecule has 0 fully saturated rings. The lowest BCUT2D eigenvalue weighted by Crippen LogP contribution is -2.32. The zero-order valence-electron chi connectivity index (χ0n) is 23.4. The SMILES string of the molecule is CCOc1cc(N(CC)CC)ccc1C1(c2ccc(N(CC)CC)cc2OCC)OC(=O)c2ccncc21. The van der Waals surface area contributed by atoms with Crippen LogP contribution in [0.15, 0.2) is 54.9 Å². The van der Waals surface area contributed by atoms with Crippen molar-refractivity contribution in [2.45, 2.75) is 47.1 Å². The van der Waals surface area contributed by atoms with Gasteiger partial charge in [-0.3, -0.25) is 4.98 Å². The van der Waals surface area contributed by atoms with E-state index in [2.05, 4.69) is 54.6 Å². The molecule has 2 aromatic carbocycles. The number of hydrogen-bond donors (Lipinski definition) is 0. The minimum absolute atomic E-state index is 0.395. The maximum atomic E-state index is 13.4. The summed E-state index contributed by atoms with van der Waals surface area (Å²) in [6, 6.07) is 14.0. The predicted molar refractivity (Wildman–Crippen MR) is 152 cm³/mol. The molecule has 0 saturated heterocycles. The maximum absolute atomic E-state index is 13.4. The minimum Gasteiger partial charge on any atom is -0.493 e. The molecule has 0 amide bonds. The Morgan fingerprint density at radius 3 is 1.68 bits per heavy atom. The fraction of sp³-hybridized carbons (Fsp3) is 0.419. The number of carbonyl (C=O) groups is 1. The number of benzene rings is 2. The average molecular weight is 518 g/mol. The molecule has 2 heterocycles. The van der Waals surface area contributed by atoms with E-state index in [1.165, 1.54) is 0 Å². The number of rotatable bonds is 12. The van der Waals surface area contributed by atoms with Crippen molar-refractivity contribution >= 4 is 17.3 Å². The van der Waals surface area contributed by atoms with Crippen LogP contribution in [0.25, 0.3) is 0 Å². The summed E-state index contributed by atoms with van der Waals surface area (Å²) in [5, 5.41) is 0. The first-order chi connectivity index (χ1) is 18.5. The molecular weight excluding hydrogens is 478 g/mol. The van der Waals surface area contributed by atoms with Crippen molar-refractivity contribution in [3.05, 3.63) is 77.1 Å². The van der Waals surface area contributed by atoms with Crippen LogP contribution in [0.1, 0.15) is 68.6 Å². The predicted octanol–water partition coefficient (Wildman–Crippen LogP) is 6.03. The quantitative estimate of drug-likeness (QED) is 0.272. The lowest BCUT2D eigenvalue weighted by Gasteiger charge is -2.34. The summed E-state index contributed by atoms with van der Waals surface area (Å²) >= 11 is 0. The summed E-state index contributed by atoms with van der Waals surface area (Å²) in [5.41, 5.74) is 3.48. The number of nitrogens with zero attached hydrogens (tertiary/aromatic N) is 3. The molecule has 4 rings (SSSR count). The smallest absolute Gasteiger partial charge is 0.340 e. The number of pyridine rings is 1. The molecule has 0 N–H and O–H groups in total. The van der Waals surface area contributed by atoms with Crippen LogP contribution in [-0.2, 0) is 10.3 Å². The van der Waals surface area contributed by atoms with Crippen LogP contribution in [-0.4, -0.2) is 50.3 Å². The van der Waals surface area contributed by atoms with Crippen LogP contribution in [0.5, 0.6) is 11.5 Å². The van der Waals surface area contributed by atoms with E-state index in [0.29, 0.717) is 35.8 Å². The van der Waals surface area contributed by atoms with Gasteiger partial charge in [-0.1, -0.05) is 0 Å². The van der Waals surface area contributed by atoms with E-state index in [1.807, 2.05) is 38.1 Å². The topological polar surface area (TPSA) is 64.1 Å². The van der Waals surface area contributed by atoms with Crippen LogP contribution >= 0.6 is 0 Å². The van der Waals surface area contributed by atoms with Crippen molar-refractivity contribution in [1.82, 2.24) is 4.98 Å².